The Labute approximate surface area is 125 Å². The fourth-order valence-corrected chi connectivity index (χ4v) is 3.03. The number of hydrogen-bond donors (Lipinski definition) is 1. The molecule has 20 heavy (non-hydrogen) atoms. The maximum Gasteiger partial charge on any atom is 0.122 e. The fraction of sp³-hybridized carbons (Fsp3) is 0.500. The van der Waals surface area contributed by atoms with Crippen LogP contribution in [0.3, 0.4) is 0 Å². The molecule has 2 heterocycles. The van der Waals surface area contributed by atoms with Gasteiger partial charge in [-0.2, -0.15) is 0 Å². The first kappa shape index (κ1) is 15.3. The summed E-state index contributed by atoms with van der Waals surface area (Å²) in [7, 11) is 2.18. The third-order valence-electron chi connectivity index (χ3n) is 3.62. The summed E-state index contributed by atoms with van der Waals surface area (Å²) < 4.78 is 5.57. The van der Waals surface area contributed by atoms with Gasteiger partial charge in [-0.1, -0.05) is 13.0 Å². The SMILES string of the molecule is CCNCc1occc1CN(C)C(C)Cc1cccs1. The Morgan fingerprint density at radius 2 is 2.25 bits per heavy atom. The molecule has 2 rings (SSSR count). The quantitative estimate of drug-likeness (QED) is 0.807. The molecule has 1 unspecified atom stereocenters. The van der Waals surface area contributed by atoms with E-state index in [1.165, 1.54) is 10.4 Å². The monoisotopic (exact) mass is 292 g/mol. The lowest BCUT2D eigenvalue weighted by molar-refractivity contribution is 0.247. The smallest absolute Gasteiger partial charge is 0.122 e. The molecule has 1 N–H and O–H groups in total. The zero-order valence-corrected chi connectivity index (χ0v) is 13.4. The van der Waals surface area contributed by atoms with Gasteiger partial charge in [0.15, 0.2) is 0 Å². The molecule has 0 aliphatic rings. The van der Waals surface area contributed by atoms with Crippen molar-refractivity contribution in [3.63, 3.8) is 0 Å². The highest BCUT2D eigenvalue weighted by molar-refractivity contribution is 7.09. The Hall–Kier alpha value is -1.10. The van der Waals surface area contributed by atoms with E-state index in [2.05, 4.69) is 54.7 Å². The molecule has 0 radical (unpaired) electrons. The van der Waals surface area contributed by atoms with Crippen molar-refractivity contribution in [2.75, 3.05) is 13.6 Å². The number of nitrogens with one attached hydrogen (secondary N) is 1. The number of hydrogen-bond acceptors (Lipinski definition) is 4. The lowest BCUT2D eigenvalue weighted by Gasteiger charge is -2.24. The van der Waals surface area contributed by atoms with Crippen molar-refractivity contribution >= 4 is 11.3 Å². The number of furan rings is 1. The Morgan fingerprint density at radius 1 is 1.40 bits per heavy atom. The normalized spacial score (nSPS) is 13.0. The molecule has 0 spiro atoms. The van der Waals surface area contributed by atoms with Crippen LogP contribution in [-0.4, -0.2) is 24.5 Å². The lowest BCUT2D eigenvalue weighted by Crippen LogP contribution is -2.30. The third kappa shape index (κ3) is 4.20. The van der Waals surface area contributed by atoms with Gasteiger partial charge in [-0.05, 0) is 44.4 Å². The molecule has 110 valence electrons. The van der Waals surface area contributed by atoms with E-state index < -0.39 is 0 Å². The minimum Gasteiger partial charge on any atom is -0.468 e. The Bertz CT molecular complexity index is 492. The summed E-state index contributed by atoms with van der Waals surface area (Å²) in [6, 6.07) is 6.94. The molecule has 3 nitrogen and oxygen atoms in total. The van der Waals surface area contributed by atoms with Crippen LogP contribution in [0.2, 0.25) is 0 Å². The molecule has 2 aromatic heterocycles. The number of thiophene rings is 1. The average molecular weight is 292 g/mol. The summed E-state index contributed by atoms with van der Waals surface area (Å²) in [6.07, 6.45) is 2.90. The standard InChI is InChI=1S/C16H24N2OS/c1-4-17-11-16-14(7-8-19-16)12-18(3)13(2)10-15-6-5-9-20-15/h5-9,13,17H,4,10-12H2,1-3H3. The molecule has 4 heteroatoms. The van der Waals surface area contributed by atoms with Crippen LogP contribution in [0.5, 0.6) is 0 Å². The number of rotatable bonds is 8. The molecular formula is C16H24N2OS. The van der Waals surface area contributed by atoms with Crippen LogP contribution < -0.4 is 5.32 Å². The van der Waals surface area contributed by atoms with Gasteiger partial charge < -0.3 is 9.73 Å². The van der Waals surface area contributed by atoms with Crippen LogP contribution in [0.15, 0.2) is 34.3 Å². The Kier molecular flexibility index (Phi) is 5.83. The minimum atomic E-state index is 0.524. The summed E-state index contributed by atoms with van der Waals surface area (Å²) in [5, 5.41) is 5.46. The van der Waals surface area contributed by atoms with E-state index in [4.69, 9.17) is 4.42 Å². The van der Waals surface area contributed by atoms with Crippen LogP contribution in [0, 0.1) is 0 Å². The minimum absolute atomic E-state index is 0.524. The first-order valence-corrected chi connectivity index (χ1v) is 8.07. The molecule has 2 aromatic rings. The third-order valence-corrected chi connectivity index (χ3v) is 4.52. The first-order valence-electron chi connectivity index (χ1n) is 7.19. The molecule has 0 aromatic carbocycles. The molecular weight excluding hydrogens is 268 g/mol. The van der Waals surface area contributed by atoms with Crippen molar-refractivity contribution in [2.24, 2.45) is 0 Å². The van der Waals surface area contributed by atoms with Gasteiger partial charge in [0, 0.05) is 23.0 Å². The second-order valence-electron chi connectivity index (χ2n) is 5.20. The Balaban J connectivity index is 1.90. The molecule has 0 fully saturated rings. The highest BCUT2D eigenvalue weighted by Gasteiger charge is 2.14. The molecule has 0 amide bonds. The predicted octanol–water partition coefficient (Wildman–Crippen LogP) is 3.51. The summed E-state index contributed by atoms with van der Waals surface area (Å²) in [6.45, 7) is 7.10. The first-order chi connectivity index (χ1) is 9.70. The van der Waals surface area contributed by atoms with Crippen LogP contribution in [0.25, 0.3) is 0 Å². The summed E-state index contributed by atoms with van der Waals surface area (Å²) in [5.41, 5.74) is 1.28. The van der Waals surface area contributed by atoms with Crippen LogP contribution in [0.1, 0.15) is 30.0 Å². The van der Waals surface area contributed by atoms with Gasteiger partial charge in [0.05, 0.1) is 12.8 Å². The second kappa shape index (κ2) is 7.62. The van der Waals surface area contributed by atoms with Gasteiger partial charge in [-0.25, -0.2) is 0 Å². The summed E-state index contributed by atoms with van der Waals surface area (Å²) >= 11 is 1.84. The number of nitrogens with zero attached hydrogens (tertiary/aromatic N) is 1. The Morgan fingerprint density at radius 3 is 2.95 bits per heavy atom. The highest BCUT2D eigenvalue weighted by Crippen LogP contribution is 2.17. The van der Waals surface area contributed by atoms with E-state index in [0.717, 1.165) is 31.8 Å². The highest BCUT2D eigenvalue weighted by atomic mass is 32.1. The van der Waals surface area contributed by atoms with E-state index in [1.54, 1.807) is 6.26 Å². The van der Waals surface area contributed by atoms with Gasteiger partial charge in [0.1, 0.15) is 5.76 Å². The van der Waals surface area contributed by atoms with E-state index in [1.807, 2.05) is 11.3 Å². The van der Waals surface area contributed by atoms with E-state index in [-0.39, 0.29) is 0 Å². The van der Waals surface area contributed by atoms with Gasteiger partial charge >= 0.3 is 0 Å². The van der Waals surface area contributed by atoms with Crippen molar-refractivity contribution in [3.8, 4) is 0 Å². The van der Waals surface area contributed by atoms with Gasteiger partial charge in [0.2, 0.25) is 0 Å². The molecule has 0 bridgehead atoms. The van der Waals surface area contributed by atoms with Crippen molar-refractivity contribution in [2.45, 2.75) is 39.4 Å². The topological polar surface area (TPSA) is 28.4 Å². The van der Waals surface area contributed by atoms with E-state index in [0.29, 0.717) is 6.04 Å². The van der Waals surface area contributed by atoms with Crippen LogP contribution in [-0.2, 0) is 19.5 Å². The second-order valence-corrected chi connectivity index (χ2v) is 6.23. The summed E-state index contributed by atoms with van der Waals surface area (Å²) in [5.74, 6) is 1.06. The van der Waals surface area contributed by atoms with Gasteiger partial charge in [0.25, 0.3) is 0 Å². The van der Waals surface area contributed by atoms with E-state index in [9.17, 15) is 0 Å². The molecule has 0 saturated heterocycles. The lowest BCUT2D eigenvalue weighted by atomic mass is 10.1. The van der Waals surface area contributed by atoms with Gasteiger partial charge in [-0.3, -0.25) is 4.90 Å². The van der Waals surface area contributed by atoms with Crippen molar-refractivity contribution in [3.05, 3.63) is 46.0 Å². The van der Waals surface area contributed by atoms with E-state index >= 15 is 0 Å². The zero-order chi connectivity index (χ0) is 14.4. The maximum absolute atomic E-state index is 5.57. The molecule has 1 atom stereocenters. The van der Waals surface area contributed by atoms with Crippen molar-refractivity contribution in [1.29, 1.82) is 0 Å². The molecule has 0 saturated carbocycles. The predicted molar refractivity (Wildman–Crippen MR) is 85.0 cm³/mol. The zero-order valence-electron chi connectivity index (χ0n) is 12.6. The summed E-state index contributed by atoms with van der Waals surface area (Å²) in [4.78, 5) is 3.84. The van der Waals surface area contributed by atoms with Gasteiger partial charge in [-0.15, -0.1) is 11.3 Å². The maximum atomic E-state index is 5.57. The van der Waals surface area contributed by atoms with Crippen LogP contribution >= 0.6 is 11.3 Å². The number of likely N-dealkylation sites (N-methyl/N-ethyl adjacent to an activating group) is 1. The van der Waals surface area contributed by atoms with Crippen molar-refractivity contribution in [1.82, 2.24) is 10.2 Å². The largest absolute Gasteiger partial charge is 0.468 e. The molecule has 0 aliphatic heterocycles. The van der Waals surface area contributed by atoms with Crippen LogP contribution in [0.4, 0.5) is 0 Å². The fourth-order valence-electron chi connectivity index (χ4n) is 2.20. The van der Waals surface area contributed by atoms with Crippen molar-refractivity contribution < 1.29 is 4.42 Å². The molecule has 0 aliphatic carbocycles. The average Bonchev–Trinajstić information content (AvgIpc) is 3.08.